The predicted octanol–water partition coefficient (Wildman–Crippen LogP) is 4.03. The predicted molar refractivity (Wildman–Crippen MR) is 86.4 cm³/mol. The third-order valence-electron chi connectivity index (χ3n) is 3.79. The van der Waals surface area contributed by atoms with E-state index in [-0.39, 0.29) is 23.2 Å². The third kappa shape index (κ3) is 6.12. The smallest absolute Gasteiger partial charge is 0.391 e. The van der Waals surface area contributed by atoms with E-state index in [9.17, 15) is 22.0 Å². The van der Waals surface area contributed by atoms with Crippen LogP contribution in [-0.4, -0.2) is 33.7 Å². The van der Waals surface area contributed by atoms with Crippen LogP contribution in [0.3, 0.4) is 0 Å². The Morgan fingerprint density at radius 2 is 1.86 bits per heavy atom. The van der Waals surface area contributed by atoms with E-state index in [1.54, 1.807) is 17.8 Å². The van der Waals surface area contributed by atoms with Gasteiger partial charge < -0.3 is 4.74 Å². The van der Waals surface area contributed by atoms with Crippen molar-refractivity contribution in [3.05, 3.63) is 29.7 Å². The molecule has 0 aromatic carbocycles. The number of pyridine rings is 1. The number of aromatic nitrogens is 3. The van der Waals surface area contributed by atoms with Crippen LogP contribution in [0, 0.1) is 12.8 Å². The van der Waals surface area contributed by atoms with Crippen molar-refractivity contribution in [1.29, 1.82) is 0 Å². The lowest BCUT2D eigenvalue weighted by Gasteiger charge is -2.17. The van der Waals surface area contributed by atoms with Gasteiger partial charge in [-0.05, 0) is 19.4 Å². The van der Waals surface area contributed by atoms with E-state index >= 15 is 0 Å². The lowest BCUT2D eigenvalue weighted by atomic mass is 10.0. The molecule has 2 aromatic heterocycles. The Morgan fingerprint density at radius 3 is 2.36 bits per heavy atom. The highest BCUT2D eigenvalue weighted by Gasteiger charge is 2.36. The van der Waals surface area contributed by atoms with E-state index in [4.69, 9.17) is 9.59 Å². The molecule has 11 heteroatoms. The van der Waals surface area contributed by atoms with Gasteiger partial charge in [0.2, 0.25) is 0 Å². The molecule has 0 unspecified atom stereocenters. The SMILES string of the molecule is CCn1ncc(C)c1-c1cnc(C[C@H](C)C(F)(F)F)cc1OC(F)F.O=C=O. The molecular weight excluding hydrogens is 389 g/mol. The second-order valence-corrected chi connectivity index (χ2v) is 5.77. The number of alkyl halides is 5. The summed E-state index contributed by atoms with van der Waals surface area (Å²) in [5.41, 5.74) is 1.56. The van der Waals surface area contributed by atoms with Crippen molar-refractivity contribution in [2.24, 2.45) is 5.92 Å². The summed E-state index contributed by atoms with van der Waals surface area (Å²) >= 11 is 0. The number of ether oxygens (including phenoxy) is 1. The van der Waals surface area contributed by atoms with E-state index in [0.29, 0.717) is 12.2 Å². The van der Waals surface area contributed by atoms with Crippen molar-refractivity contribution in [3.8, 4) is 17.0 Å². The lowest BCUT2D eigenvalue weighted by molar-refractivity contribution is -0.191. The van der Waals surface area contributed by atoms with Crippen LogP contribution < -0.4 is 4.74 Å². The first-order chi connectivity index (χ1) is 13.0. The Morgan fingerprint density at radius 1 is 1.25 bits per heavy atom. The molecule has 0 fully saturated rings. The van der Waals surface area contributed by atoms with Crippen LogP contribution in [0.2, 0.25) is 0 Å². The Kier molecular flexibility index (Phi) is 8.24. The molecule has 0 bridgehead atoms. The normalized spacial score (nSPS) is 12.2. The highest BCUT2D eigenvalue weighted by Crippen LogP contribution is 2.35. The molecule has 0 saturated heterocycles. The fourth-order valence-electron chi connectivity index (χ4n) is 2.46. The average Bonchev–Trinajstić information content (AvgIpc) is 2.95. The van der Waals surface area contributed by atoms with Gasteiger partial charge in [-0.3, -0.25) is 9.67 Å². The number of rotatable bonds is 6. The van der Waals surface area contributed by atoms with Gasteiger partial charge in [-0.2, -0.15) is 36.6 Å². The van der Waals surface area contributed by atoms with Crippen LogP contribution in [-0.2, 0) is 22.6 Å². The van der Waals surface area contributed by atoms with Gasteiger partial charge >= 0.3 is 18.9 Å². The first-order valence-corrected chi connectivity index (χ1v) is 8.07. The van der Waals surface area contributed by atoms with Gasteiger partial charge in [0.15, 0.2) is 0 Å². The fourth-order valence-corrected chi connectivity index (χ4v) is 2.46. The minimum atomic E-state index is -4.39. The molecule has 0 N–H and O–H groups in total. The minimum Gasteiger partial charge on any atom is -0.434 e. The van der Waals surface area contributed by atoms with Gasteiger partial charge in [0, 0.05) is 30.9 Å². The van der Waals surface area contributed by atoms with E-state index in [0.717, 1.165) is 18.6 Å². The van der Waals surface area contributed by atoms with Crippen molar-refractivity contribution in [2.75, 3.05) is 0 Å². The molecule has 28 heavy (non-hydrogen) atoms. The van der Waals surface area contributed by atoms with Gasteiger partial charge in [-0.15, -0.1) is 0 Å². The maximum atomic E-state index is 12.8. The molecule has 0 saturated carbocycles. The van der Waals surface area contributed by atoms with E-state index in [1.165, 1.54) is 6.20 Å². The molecule has 2 aromatic rings. The molecule has 2 heterocycles. The number of hydrogen-bond donors (Lipinski definition) is 0. The van der Waals surface area contributed by atoms with E-state index < -0.39 is 25.1 Å². The van der Waals surface area contributed by atoms with Gasteiger partial charge in [-0.25, -0.2) is 0 Å². The quantitative estimate of drug-likeness (QED) is 0.676. The number of carbonyl (C=O) groups excluding carboxylic acids is 2. The Bertz CT molecular complexity index is 815. The van der Waals surface area contributed by atoms with Crippen LogP contribution in [0.25, 0.3) is 11.3 Å². The second kappa shape index (κ2) is 9.93. The summed E-state index contributed by atoms with van der Waals surface area (Å²) in [5, 5.41) is 4.13. The van der Waals surface area contributed by atoms with Crippen molar-refractivity contribution in [3.63, 3.8) is 0 Å². The Labute approximate surface area is 157 Å². The number of halogens is 5. The summed E-state index contributed by atoms with van der Waals surface area (Å²) in [6.45, 7) is 1.98. The monoisotopic (exact) mass is 407 g/mol. The number of nitrogens with zero attached hydrogens (tertiary/aromatic N) is 3. The highest BCUT2D eigenvalue weighted by molar-refractivity contribution is 5.69. The van der Waals surface area contributed by atoms with E-state index in [1.807, 2.05) is 6.92 Å². The average molecular weight is 407 g/mol. The largest absolute Gasteiger partial charge is 0.434 e. The van der Waals surface area contributed by atoms with Gasteiger partial charge in [0.1, 0.15) is 5.75 Å². The van der Waals surface area contributed by atoms with Crippen molar-refractivity contribution in [1.82, 2.24) is 14.8 Å². The van der Waals surface area contributed by atoms with Crippen LogP contribution in [0.1, 0.15) is 25.1 Å². The zero-order chi connectivity index (χ0) is 21.5. The number of aryl methyl sites for hydroxylation is 2. The molecular formula is C17H18F5N3O3. The summed E-state index contributed by atoms with van der Waals surface area (Å²) in [6.07, 6.45) is -1.73. The molecule has 0 aliphatic carbocycles. The summed E-state index contributed by atoms with van der Waals surface area (Å²) in [6, 6.07) is 1.14. The Balaban J connectivity index is 0.00000122. The number of hydrogen-bond acceptors (Lipinski definition) is 5. The standard InChI is InChI=1S/C16H18F5N3O.CO2/c1-4-24-14(9(2)7-23-24)12-8-22-11(5-10(3)16(19,20)21)6-13(12)25-15(17)18;2-1-3/h6-8,10,15H,4-5H2,1-3H3;/t10-;/m0./s1. The van der Waals surface area contributed by atoms with Crippen LogP contribution in [0.4, 0.5) is 22.0 Å². The minimum absolute atomic E-state index is 0.0319. The van der Waals surface area contributed by atoms with Crippen molar-refractivity contribution < 1.29 is 36.3 Å². The third-order valence-corrected chi connectivity index (χ3v) is 3.79. The summed E-state index contributed by atoms with van der Waals surface area (Å²) in [4.78, 5) is 20.3. The summed E-state index contributed by atoms with van der Waals surface area (Å²) < 4.78 is 69.8. The topological polar surface area (TPSA) is 74.1 Å². The maximum absolute atomic E-state index is 12.8. The lowest BCUT2D eigenvalue weighted by Crippen LogP contribution is -2.22. The molecule has 0 amide bonds. The molecule has 6 nitrogen and oxygen atoms in total. The van der Waals surface area contributed by atoms with Crippen LogP contribution in [0.15, 0.2) is 18.5 Å². The summed E-state index contributed by atoms with van der Waals surface area (Å²) in [5.74, 6) is -1.86. The van der Waals surface area contributed by atoms with Crippen LogP contribution >= 0.6 is 0 Å². The van der Waals surface area contributed by atoms with Crippen LogP contribution in [0.5, 0.6) is 5.75 Å². The first kappa shape index (κ1) is 23.2. The first-order valence-electron chi connectivity index (χ1n) is 8.07. The zero-order valence-corrected chi connectivity index (χ0v) is 15.3. The zero-order valence-electron chi connectivity index (χ0n) is 15.3. The van der Waals surface area contributed by atoms with Crippen molar-refractivity contribution >= 4 is 6.15 Å². The molecule has 0 aliphatic heterocycles. The highest BCUT2D eigenvalue weighted by atomic mass is 19.4. The maximum Gasteiger partial charge on any atom is 0.391 e. The molecule has 0 aliphatic rings. The fraction of sp³-hybridized carbons (Fsp3) is 0.471. The molecule has 154 valence electrons. The van der Waals surface area contributed by atoms with Crippen molar-refractivity contribution in [2.45, 2.75) is 46.5 Å². The second-order valence-electron chi connectivity index (χ2n) is 5.77. The molecule has 2 rings (SSSR count). The molecule has 0 spiro atoms. The van der Waals surface area contributed by atoms with Gasteiger partial charge in [-0.1, -0.05) is 6.92 Å². The summed E-state index contributed by atoms with van der Waals surface area (Å²) in [7, 11) is 0. The Hall–Kier alpha value is -2.81. The van der Waals surface area contributed by atoms with Gasteiger partial charge in [0.25, 0.3) is 0 Å². The van der Waals surface area contributed by atoms with Gasteiger partial charge in [0.05, 0.1) is 23.4 Å². The molecule has 0 radical (unpaired) electrons. The van der Waals surface area contributed by atoms with E-state index in [2.05, 4.69) is 14.8 Å². The molecule has 1 atom stereocenters.